The molecule has 1 aliphatic carbocycles. The highest BCUT2D eigenvalue weighted by atomic mass is 15.3. The van der Waals surface area contributed by atoms with Crippen molar-refractivity contribution in [1.82, 2.24) is 15.1 Å². The van der Waals surface area contributed by atoms with Crippen LogP contribution in [0.2, 0.25) is 0 Å². The number of hydrogen-bond donors (Lipinski definition) is 1. The Bertz CT molecular complexity index is 547. The van der Waals surface area contributed by atoms with E-state index in [2.05, 4.69) is 48.5 Å². The Morgan fingerprint density at radius 3 is 2.80 bits per heavy atom. The fraction of sp³-hybridized carbons (Fsp3) is 0.471. The highest BCUT2D eigenvalue weighted by Gasteiger charge is 2.25. The number of rotatable bonds is 4. The molecule has 0 fully saturated rings. The smallest absolute Gasteiger partial charge is 0.0560 e. The van der Waals surface area contributed by atoms with Crippen LogP contribution < -0.4 is 5.32 Å². The van der Waals surface area contributed by atoms with Crippen LogP contribution in [0.15, 0.2) is 42.7 Å². The number of nitrogens with one attached hydrogen (secondary N) is 1. The van der Waals surface area contributed by atoms with Crippen LogP contribution in [0.25, 0.3) is 0 Å². The predicted molar refractivity (Wildman–Crippen MR) is 81.7 cm³/mol. The van der Waals surface area contributed by atoms with Crippen LogP contribution in [-0.4, -0.2) is 15.8 Å². The van der Waals surface area contributed by atoms with Gasteiger partial charge in [0.2, 0.25) is 0 Å². The summed E-state index contributed by atoms with van der Waals surface area (Å²) in [5.41, 5.74) is 3.00. The zero-order valence-corrected chi connectivity index (χ0v) is 12.3. The highest BCUT2D eigenvalue weighted by molar-refractivity contribution is 5.34. The molecule has 0 bridgehead atoms. The molecule has 1 aliphatic rings. The van der Waals surface area contributed by atoms with Crippen molar-refractivity contribution in [3.8, 4) is 0 Å². The third-order valence-electron chi connectivity index (χ3n) is 4.30. The summed E-state index contributed by atoms with van der Waals surface area (Å²) in [7, 11) is 0. The van der Waals surface area contributed by atoms with Crippen molar-refractivity contribution in [1.29, 1.82) is 0 Å². The van der Waals surface area contributed by atoms with Gasteiger partial charge in [-0.15, -0.1) is 0 Å². The minimum absolute atomic E-state index is 0.418. The molecule has 1 aromatic carbocycles. The van der Waals surface area contributed by atoms with Gasteiger partial charge in [0.05, 0.1) is 6.54 Å². The summed E-state index contributed by atoms with van der Waals surface area (Å²) in [5, 5.41) is 8.06. The Morgan fingerprint density at radius 1 is 1.25 bits per heavy atom. The average Bonchev–Trinajstić information content (AvgIpc) is 2.95. The fourth-order valence-corrected chi connectivity index (χ4v) is 3.26. The van der Waals surface area contributed by atoms with Gasteiger partial charge in [-0.25, -0.2) is 0 Å². The van der Waals surface area contributed by atoms with E-state index in [0.717, 1.165) is 6.54 Å². The molecule has 106 valence electrons. The lowest BCUT2D eigenvalue weighted by Gasteiger charge is -2.32. The van der Waals surface area contributed by atoms with Crippen molar-refractivity contribution in [3.05, 3.63) is 53.9 Å². The summed E-state index contributed by atoms with van der Waals surface area (Å²) in [6, 6.07) is 11.8. The van der Waals surface area contributed by atoms with Crippen LogP contribution in [0.5, 0.6) is 0 Å². The molecule has 1 heterocycles. The molecule has 0 saturated heterocycles. The van der Waals surface area contributed by atoms with Gasteiger partial charge in [0.1, 0.15) is 0 Å². The van der Waals surface area contributed by atoms with Gasteiger partial charge in [0, 0.05) is 24.5 Å². The second kappa shape index (κ2) is 5.80. The average molecular weight is 269 g/mol. The highest BCUT2D eigenvalue weighted by Crippen LogP contribution is 2.37. The molecule has 3 atom stereocenters. The summed E-state index contributed by atoms with van der Waals surface area (Å²) < 4.78 is 2.00. The SMILES string of the molecule is CC(Cn1cccn1)NC1CCC(C)c2ccccc21. The summed E-state index contributed by atoms with van der Waals surface area (Å²) in [6.07, 6.45) is 6.35. The van der Waals surface area contributed by atoms with Crippen LogP contribution >= 0.6 is 0 Å². The maximum Gasteiger partial charge on any atom is 0.0560 e. The first-order valence-electron chi connectivity index (χ1n) is 7.56. The molecular weight excluding hydrogens is 246 g/mol. The molecule has 3 nitrogen and oxygen atoms in total. The third kappa shape index (κ3) is 2.78. The monoisotopic (exact) mass is 269 g/mol. The van der Waals surface area contributed by atoms with E-state index in [4.69, 9.17) is 0 Å². The molecule has 1 N–H and O–H groups in total. The molecule has 2 aromatic rings. The maximum atomic E-state index is 4.28. The van der Waals surface area contributed by atoms with Gasteiger partial charge < -0.3 is 5.32 Å². The van der Waals surface area contributed by atoms with Crippen molar-refractivity contribution in [2.24, 2.45) is 0 Å². The molecule has 20 heavy (non-hydrogen) atoms. The van der Waals surface area contributed by atoms with Gasteiger partial charge in [0.15, 0.2) is 0 Å². The van der Waals surface area contributed by atoms with Crippen LogP contribution in [0.3, 0.4) is 0 Å². The summed E-state index contributed by atoms with van der Waals surface area (Å²) in [6.45, 7) is 5.49. The van der Waals surface area contributed by atoms with E-state index >= 15 is 0 Å². The number of aromatic nitrogens is 2. The second-order valence-electron chi connectivity index (χ2n) is 5.96. The molecule has 0 radical (unpaired) electrons. The number of fused-ring (bicyclic) bond motifs is 1. The number of nitrogens with zero attached hydrogens (tertiary/aromatic N) is 2. The first kappa shape index (κ1) is 13.4. The predicted octanol–water partition coefficient (Wildman–Crippen LogP) is 3.50. The molecule has 0 aliphatic heterocycles. The number of hydrogen-bond acceptors (Lipinski definition) is 2. The van der Waals surface area contributed by atoms with Crippen molar-refractivity contribution < 1.29 is 0 Å². The van der Waals surface area contributed by atoms with Crippen molar-refractivity contribution in [2.75, 3.05) is 0 Å². The van der Waals surface area contributed by atoms with Crippen LogP contribution in [0.1, 0.15) is 49.8 Å². The van der Waals surface area contributed by atoms with Crippen LogP contribution in [-0.2, 0) is 6.54 Å². The Balaban J connectivity index is 1.70. The Kier molecular flexibility index (Phi) is 3.88. The summed E-state index contributed by atoms with van der Waals surface area (Å²) in [4.78, 5) is 0. The lowest BCUT2D eigenvalue weighted by molar-refractivity contribution is 0.359. The Labute approximate surface area is 121 Å². The molecule has 3 rings (SSSR count). The van der Waals surface area contributed by atoms with E-state index in [0.29, 0.717) is 18.0 Å². The Hall–Kier alpha value is -1.61. The minimum atomic E-state index is 0.418. The quantitative estimate of drug-likeness (QED) is 0.920. The van der Waals surface area contributed by atoms with E-state index < -0.39 is 0 Å². The first-order valence-corrected chi connectivity index (χ1v) is 7.56. The normalized spacial score (nSPS) is 23.3. The van der Waals surface area contributed by atoms with Crippen LogP contribution in [0.4, 0.5) is 0 Å². The fourth-order valence-electron chi connectivity index (χ4n) is 3.26. The Morgan fingerprint density at radius 2 is 2.05 bits per heavy atom. The van der Waals surface area contributed by atoms with Crippen molar-refractivity contribution >= 4 is 0 Å². The lowest BCUT2D eigenvalue weighted by atomic mass is 9.81. The summed E-state index contributed by atoms with van der Waals surface area (Å²) >= 11 is 0. The van der Waals surface area contributed by atoms with Crippen LogP contribution in [0, 0.1) is 0 Å². The van der Waals surface area contributed by atoms with Gasteiger partial charge in [0.25, 0.3) is 0 Å². The second-order valence-corrected chi connectivity index (χ2v) is 5.96. The molecule has 0 spiro atoms. The van der Waals surface area contributed by atoms with Gasteiger partial charge >= 0.3 is 0 Å². The van der Waals surface area contributed by atoms with Crippen molar-refractivity contribution in [3.63, 3.8) is 0 Å². The first-order chi connectivity index (χ1) is 9.74. The molecule has 3 heteroatoms. The molecule has 3 unspecified atom stereocenters. The molecular formula is C17H23N3. The molecule has 1 aromatic heterocycles. The maximum absolute atomic E-state index is 4.28. The van der Waals surface area contributed by atoms with E-state index in [9.17, 15) is 0 Å². The van der Waals surface area contributed by atoms with E-state index in [1.165, 1.54) is 24.0 Å². The van der Waals surface area contributed by atoms with E-state index in [1.807, 2.05) is 23.1 Å². The van der Waals surface area contributed by atoms with Gasteiger partial charge in [-0.1, -0.05) is 31.2 Å². The zero-order valence-electron chi connectivity index (χ0n) is 12.3. The van der Waals surface area contributed by atoms with E-state index in [1.54, 1.807) is 0 Å². The van der Waals surface area contributed by atoms with Gasteiger partial charge in [-0.05, 0) is 42.9 Å². The third-order valence-corrected chi connectivity index (χ3v) is 4.30. The van der Waals surface area contributed by atoms with Gasteiger partial charge in [-0.2, -0.15) is 5.10 Å². The largest absolute Gasteiger partial charge is 0.306 e. The molecule has 0 saturated carbocycles. The minimum Gasteiger partial charge on any atom is -0.306 e. The number of benzene rings is 1. The molecule has 0 amide bonds. The standard InChI is InChI=1S/C17H23N3/c1-13-8-9-17(16-7-4-3-6-15(13)16)19-14(2)12-20-11-5-10-18-20/h3-7,10-11,13-14,17,19H,8-9,12H2,1-2H3. The topological polar surface area (TPSA) is 29.9 Å². The van der Waals surface area contributed by atoms with Gasteiger partial charge in [-0.3, -0.25) is 4.68 Å². The zero-order chi connectivity index (χ0) is 13.9. The summed E-state index contributed by atoms with van der Waals surface area (Å²) in [5.74, 6) is 0.686. The van der Waals surface area contributed by atoms with E-state index in [-0.39, 0.29) is 0 Å². The van der Waals surface area contributed by atoms with Crippen molar-refractivity contribution in [2.45, 2.75) is 51.2 Å². The lowest BCUT2D eigenvalue weighted by Crippen LogP contribution is -2.36.